The van der Waals surface area contributed by atoms with E-state index in [9.17, 15) is 13.2 Å². The molecule has 154 valence electrons. The fraction of sp³-hybridized carbons (Fsp3) is 0.400. The Morgan fingerprint density at radius 3 is 3.03 bits per heavy atom. The summed E-state index contributed by atoms with van der Waals surface area (Å²) in [5, 5.41) is 6.42. The summed E-state index contributed by atoms with van der Waals surface area (Å²) in [5.74, 6) is -0.390. The number of rotatable bonds is 6. The van der Waals surface area contributed by atoms with Crippen molar-refractivity contribution >= 4 is 43.3 Å². The van der Waals surface area contributed by atoms with Crippen molar-refractivity contribution in [1.29, 1.82) is 0 Å². The Hall–Kier alpha value is -2.23. The summed E-state index contributed by atoms with van der Waals surface area (Å²) < 4.78 is 26.1. The minimum Gasteiger partial charge on any atom is -0.360 e. The maximum atomic E-state index is 12.7. The lowest BCUT2D eigenvalue weighted by molar-refractivity contribution is -0.120. The highest BCUT2D eigenvalue weighted by molar-refractivity contribution is 7.89. The van der Waals surface area contributed by atoms with Crippen LogP contribution in [0, 0.1) is 5.92 Å². The summed E-state index contributed by atoms with van der Waals surface area (Å²) in [6.07, 6.45) is 3.87. The van der Waals surface area contributed by atoms with Crippen LogP contribution in [-0.4, -0.2) is 47.4 Å². The van der Waals surface area contributed by atoms with Gasteiger partial charge in [0, 0.05) is 41.1 Å². The van der Waals surface area contributed by atoms with E-state index in [2.05, 4.69) is 15.3 Å². The highest BCUT2D eigenvalue weighted by Crippen LogP contribution is 2.31. The lowest BCUT2D eigenvalue weighted by atomic mass is 9.99. The summed E-state index contributed by atoms with van der Waals surface area (Å²) in [6, 6.07) is 8.00. The molecule has 4 rings (SSSR count). The summed E-state index contributed by atoms with van der Waals surface area (Å²) in [7, 11) is -3.28. The van der Waals surface area contributed by atoms with Gasteiger partial charge in [-0.05, 0) is 25.3 Å². The molecule has 2 aromatic heterocycles. The van der Waals surface area contributed by atoms with E-state index in [1.54, 1.807) is 0 Å². The third-order valence-electron chi connectivity index (χ3n) is 5.21. The third kappa shape index (κ3) is 4.22. The van der Waals surface area contributed by atoms with Crippen LogP contribution in [0.2, 0.25) is 0 Å². The molecule has 1 fully saturated rings. The lowest BCUT2D eigenvalue weighted by Crippen LogP contribution is -2.44. The monoisotopic (exact) mass is 432 g/mol. The number of carbonyl (C=O) groups is 1. The zero-order valence-electron chi connectivity index (χ0n) is 16.2. The van der Waals surface area contributed by atoms with Gasteiger partial charge < -0.3 is 10.3 Å². The first-order chi connectivity index (χ1) is 14.0. The van der Waals surface area contributed by atoms with Gasteiger partial charge in [0.25, 0.3) is 0 Å². The van der Waals surface area contributed by atoms with Gasteiger partial charge in [0.15, 0.2) is 5.13 Å². The van der Waals surface area contributed by atoms with Crippen LogP contribution in [0.5, 0.6) is 0 Å². The first-order valence-electron chi connectivity index (χ1n) is 9.78. The second-order valence-electron chi connectivity index (χ2n) is 7.29. The van der Waals surface area contributed by atoms with Gasteiger partial charge in [-0.15, -0.1) is 11.3 Å². The van der Waals surface area contributed by atoms with Gasteiger partial charge in [0.05, 0.1) is 17.4 Å². The molecule has 1 aliphatic rings. The molecule has 2 N–H and O–H groups in total. The number of hydrogen-bond acceptors (Lipinski definition) is 5. The first-order valence-corrected chi connectivity index (χ1v) is 12.3. The largest absolute Gasteiger partial charge is 0.360 e. The van der Waals surface area contributed by atoms with Gasteiger partial charge in [-0.1, -0.05) is 25.1 Å². The number of amides is 1. The van der Waals surface area contributed by atoms with Gasteiger partial charge in [0.2, 0.25) is 15.9 Å². The number of benzene rings is 1. The molecule has 7 nitrogen and oxygen atoms in total. The Balaban J connectivity index is 1.45. The van der Waals surface area contributed by atoms with E-state index in [1.807, 2.05) is 42.8 Å². The SMILES string of the molecule is CCCS(=O)(=O)N1CCCC(C(=O)Nc2nc(-c3c[nH]c4ccccc34)cs2)C1. The van der Waals surface area contributed by atoms with E-state index in [0.29, 0.717) is 30.9 Å². The number of aromatic nitrogens is 2. The third-order valence-corrected chi connectivity index (χ3v) is 8.01. The average molecular weight is 433 g/mol. The molecule has 1 amide bonds. The highest BCUT2D eigenvalue weighted by atomic mass is 32.2. The Morgan fingerprint density at radius 1 is 1.38 bits per heavy atom. The average Bonchev–Trinajstić information content (AvgIpc) is 3.34. The number of hydrogen-bond donors (Lipinski definition) is 2. The number of carbonyl (C=O) groups excluding carboxylic acids is 1. The number of nitrogens with one attached hydrogen (secondary N) is 2. The van der Waals surface area contributed by atoms with Gasteiger partial charge in [-0.2, -0.15) is 0 Å². The van der Waals surface area contributed by atoms with E-state index >= 15 is 0 Å². The number of sulfonamides is 1. The molecule has 0 radical (unpaired) electrons. The van der Waals surface area contributed by atoms with Gasteiger partial charge in [-0.3, -0.25) is 4.79 Å². The van der Waals surface area contributed by atoms with E-state index in [1.165, 1.54) is 15.6 Å². The van der Waals surface area contributed by atoms with E-state index in [-0.39, 0.29) is 24.1 Å². The van der Waals surface area contributed by atoms with Crippen molar-refractivity contribution in [2.75, 3.05) is 24.2 Å². The molecule has 1 unspecified atom stereocenters. The van der Waals surface area contributed by atoms with Crippen LogP contribution in [0.1, 0.15) is 26.2 Å². The molecule has 0 saturated carbocycles. The predicted octanol–water partition coefficient (Wildman–Crippen LogP) is 3.68. The second-order valence-corrected chi connectivity index (χ2v) is 10.2. The van der Waals surface area contributed by atoms with Crippen LogP contribution >= 0.6 is 11.3 Å². The Kier molecular flexibility index (Phi) is 5.71. The maximum Gasteiger partial charge on any atom is 0.230 e. The smallest absolute Gasteiger partial charge is 0.230 e. The quantitative estimate of drug-likeness (QED) is 0.621. The molecule has 9 heteroatoms. The second kappa shape index (κ2) is 8.25. The van der Waals surface area contributed by atoms with Crippen molar-refractivity contribution in [3.05, 3.63) is 35.8 Å². The molecule has 3 aromatic rings. The Morgan fingerprint density at radius 2 is 2.21 bits per heavy atom. The molecule has 29 heavy (non-hydrogen) atoms. The summed E-state index contributed by atoms with van der Waals surface area (Å²) in [5.41, 5.74) is 2.84. The number of thiazole rings is 1. The van der Waals surface area contributed by atoms with Crippen molar-refractivity contribution in [3.63, 3.8) is 0 Å². The number of piperidine rings is 1. The van der Waals surface area contributed by atoms with E-state index in [0.717, 1.165) is 22.2 Å². The fourth-order valence-electron chi connectivity index (χ4n) is 3.74. The van der Waals surface area contributed by atoms with Crippen molar-refractivity contribution in [3.8, 4) is 11.3 Å². The molecule has 0 aliphatic carbocycles. The zero-order valence-corrected chi connectivity index (χ0v) is 17.9. The standard InChI is InChI=1S/C20H24N4O3S2/c1-2-10-29(26,27)24-9-5-6-14(12-24)19(25)23-20-22-18(13-28-20)16-11-21-17-8-4-3-7-15(16)17/h3-4,7-8,11,13-14,21H,2,5-6,9-10,12H2,1H3,(H,22,23,25). The van der Waals surface area contributed by atoms with Crippen LogP contribution in [0.25, 0.3) is 22.2 Å². The molecule has 1 aromatic carbocycles. The predicted molar refractivity (Wildman–Crippen MR) is 116 cm³/mol. The Labute approximate surface area is 174 Å². The number of fused-ring (bicyclic) bond motifs is 1. The number of anilines is 1. The summed E-state index contributed by atoms with van der Waals surface area (Å²) in [4.78, 5) is 20.5. The number of nitrogens with zero attached hydrogens (tertiary/aromatic N) is 2. The van der Waals surface area contributed by atoms with Crippen LogP contribution in [0.4, 0.5) is 5.13 Å². The molecule has 1 saturated heterocycles. The van der Waals surface area contributed by atoms with Crippen molar-refractivity contribution < 1.29 is 13.2 Å². The molecule has 3 heterocycles. The van der Waals surface area contributed by atoms with Gasteiger partial charge in [-0.25, -0.2) is 17.7 Å². The minimum absolute atomic E-state index is 0.127. The zero-order chi connectivity index (χ0) is 20.4. The summed E-state index contributed by atoms with van der Waals surface area (Å²) in [6.45, 7) is 2.59. The van der Waals surface area contributed by atoms with Gasteiger partial charge >= 0.3 is 0 Å². The summed E-state index contributed by atoms with van der Waals surface area (Å²) >= 11 is 1.37. The van der Waals surface area contributed by atoms with Crippen molar-refractivity contribution in [2.24, 2.45) is 5.92 Å². The minimum atomic E-state index is -3.28. The van der Waals surface area contributed by atoms with Crippen LogP contribution in [-0.2, 0) is 14.8 Å². The lowest BCUT2D eigenvalue weighted by Gasteiger charge is -2.30. The van der Waals surface area contributed by atoms with Crippen LogP contribution < -0.4 is 5.32 Å². The molecule has 0 spiro atoms. The van der Waals surface area contributed by atoms with Crippen LogP contribution in [0.3, 0.4) is 0 Å². The van der Waals surface area contributed by atoms with Crippen molar-refractivity contribution in [1.82, 2.24) is 14.3 Å². The molecular formula is C20H24N4O3S2. The van der Waals surface area contributed by atoms with Gasteiger partial charge in [0.1, 0.15) is 0 Å². The number of H-pyrrole nitrogens is 1. The van der Waals surface area contributed by atoms with E-state index in [4.69, 9.17) is 0 Å². The molecule has 0 bridgehead atoms. The Bertz CT molecular complexity index is 1120. The maximum absolute atomic E-state index is 12.7. The fourth-order valence-corrected chi connectivity index (χ4v) is 6.04. The van der Waals surface area contributed by atoms with Crippen molar-refractivity contribution in [2.45, 2.75) is 26.2 Å². The topological polar surface area (TPSA) is 95.2 Å². The van der Waals surface area contributed by atoms with E-state index < -0.39 is 10.0 Å². The first kappa shape index (κ1) is 20.1. The normalized spacial score (nSPS) is 18.2. The van der Waals surface area contributed by atoms with Crippen LogP contribution in [0.15, 0.2) is 35.8 Å². The molecule has 1 atom stereocenters. The highest BCUT2D eigenvalue weighted by Gasteiger charge is 2.32. The number of aromatic amines is 1. The molecule has 1 aliphatic heterocycles. The molecular weight excluding hydrogens is 408 g/mol. The number of para-hydroxylation sites is 1.